The summed E-state index contributed by atoms with van der Waals surface area (Å²) >= 11 is 3.44. The number of carbonyl (C=O) groups is 1. The molecule has 0 aliphatic carbocycles. The SMILES string of the molecule is Cn1ncc(N)c1C(=O)Nc1ccc2cc(Br)ccc2c1. The summed E-state index contributed by atoms with van der Waals surface area (Å²) in [6.07, 6.45) is 1.47. The van der Waals surface area contributed by atoms with Crippen LogP contribution in [-0.2, 0) is 7.05 Å². The summed E-state index contributed by atoms with van der Waals surface area (Å²) in [5.74, 6) is -0.274. The number of fused-ring (bicyclic) bond motifs is 1. The fourth-order valence-electron chi connectivity index (χ4n) is 2.22. The van der Waals surface area contributed by atoms with E-state index in [0.29, 0.717) is 11.4 Å². The van der Waals surface area contributed by atoms with Gasteiger partial charge < -0.3 is 11.1 Å². The molecule has 0 unspecified atom stereocenters. The van der Waals surface area contributed by atoms with E-state index in [-0.39, 0.29) is 5.91 Å². The summed E-state index contributed by atoms with van der Waals surface area (Å²) in [7, 11) is 1.68. The minimum atomic E-state index is -0.274. The lowest BCUT2D eigenvalue weighted by molar-refractivity contribution is 0.101. The number of hydrogen-bond donors (Lipinski definition) is 2. The third-order valence-corrected chi connectivity index (χ3v) is 3.74. The molecule has 6 heteroatoms. The van der Waals surface area contributed by atoms with Gasteiger partial charge in [-0.3, -0.25) is 9.48 Å². The second-order valence-corrected chi connectivity index (χ2v) is 5.65. The van der Waals surface area contributed by atoms with Crippen LogP contribution < -0.4 is 11.1 Å². The van der Waals surface area contributed by atoms with Crippen molar-refractivity contribution in [2.45, 2.75) is 0 Å². The number of nitrogens with two attached hydrogens (primary N) is 1. The average molecular weight is 345 g/mol. The predicted molar refractivity (Wildman–Crippen MR) is 87.2 cm³/mol. The van der Waals surface area contributed by atoms with E-state index in [2.05, 4.69) is 26.3 Å². The molecular weight excluding hydrogens is 332 g/mol. The van der Waals surface area contributed by atoms with Crippen LogP contribution >= 0.6 is 15.9 Å². The molecule has 0 saturated carbocycles. The smallest absolute Gasteiger partial charge is 0.276 e. The third-order valence-electron chi connectivity index (χ3n) is 3.24. The van der Waals surface area contributed by atoms with Crippen LogP contribution in [0.4, 0.5) is 11.4 Å². The number of hydrogen-bond acceptors (Lipinski definition) is 3. The van der Waals surface area contributed by atoms with Gasteiger partial charge in [0.15, 0.2) is 0 Å². The molecule has 0 radical (unpaired) electrons. The molecule has 0 aliphatic heterocycles. The van der Waals surface area contributed by atoms with Gasteiger partial charge >= 0.3 is 0 Å². The maximum Gasteiger partial charge on any atom is 0.276 e. The highest BCUT2D eigenvalue weighted by Gasteiger charge is 2.15. The van der Waals surface area contributed by atoms with Gasteiger partial charge in [-0.15, -0.1) is 0 Å². The standard InChI is InChI=1S/C15H13BrN4O/c1-20-14(13(17)8-18-20)15(21)19-12-5-3-9-6-11(16)4-2-10(9)7-12/h2-8H,17H2,1H3,(H,19,21). The first-order valence-corrected chi connectivity index (χ1v) is 7.12. The lowest BCUT2D eigenvalue weighted by atomic mass is 10.1. The number of nitrogens with zero attached hydrogens (tertiary/aromatic N) is 2. The zero-order valence-corrected chi connectivity index (χ0v) is 12.9. The van der Waals surface area contributed by atoms with Crippen molar-refractivity contribution in [2.24, 2.45) is 7.05 Å². The van der Waals surface area contributed by atoms with Gasteiger partial charge in [-0.05, 0) is 35.0 Å². The van der Waals surface area contributed by atoms with Crippen LogP contribution in [0.3, 0.4) is 0 Å². The Morgan fingerprint density at radius 1 is 1.24 bits per heavy atom. The second kappa shape index (κ2) is 5.21. The van der Waals surface area contributed by atoms with Gasteiger partial charge in [0.2, 0.25) is 0 Å². The molecule has 106 valence electrons. The number of anilines is 2. The van der Waals surface area contributed by atoms with E-state index in [1.54, 1.807) is 7.05 Å². The maximum atomic E-state index is 12.2. The van der Waals surface area contributed by atoms with E-state index in [1.165, 1.54) is 10.9 Å². The zero-order chi connectivity index (χ0) is 15.0. The topological polar surface area (TPSA) is 72.9 Å². The van der Waals surface area contributed by atoms with Gasteiger partial charge in [-0.2, -0.15) is 5.10 Å². The third kappa shape index (κ3) is 2.62. The van der Waals surface area contributed by atoms with E-state index >= 15 is 0 Å². The number of halogens is 1. The largest absolute Gasteiger partial charge is 0.396 e. The number of benzene rings is 2. The normalized spacial score (nSPS) is 10.8. The molecule has 2 aromatic carbocycles. The Morgan fingerprint density at radius 2 is 1.95 bits per heavy atom. The quantitative estimate of drug-likeness (QED) is 0.749. The molecule has 0 aliphatic rings. The average Bonchev–Trinajstić information content (AvgIpc) is 2.78. The molecule has 3 aromatic rings. The number of nitrogen functional groups attached to an aromatic ring is 1. The van der Waals surface area contributed by atoms with E-state index in [1.807, 2.05) is 36.4 Å². The molecule has 0 bridgehead atoms. The Hall–Kier alpha value is -2.34. The number of amides is 1. The van der Waals surface area contributed by atoms with Gasteiger partial charge in [0.1, 0.15) is 5.69 Å². The molecule has 0 saturated heterocycles. The van der Waals surface area contributed by atoms with Crippen LogP contribution in [0.25, 0.3) is 10.8 Å². The van der Waals surface area contributed by atoms with Crippen molar-refractivity contribution in [3.63, 3.8) is 0 Å². The Bertz CT molecular complexity index is 821. The predicted octanol–water partition coefficient (Wildman–Crippen LogP) is 3.17. The fraction of sp³-hybridized carbons (Fsp3) is 0.0667. The molecule has 3 rings (SSSR count). The second-order valence-electron chi connectivity index (χ2n) is 4.73. The van der Waals surface area contributed by atoms with Gasteiger partial charge in [0.05, 0.1) is 11.9 Å². The highest BCUT2D eigenvalue weighted by atomic mass is 79.9. The molecule has 21 heavy (non-hydrogen) atoms. The van der Waals surface area contributed by atoms with Crippen molar-refractivity contribution >= 4 is 44.0 Å². The molecule has 5 nitrogen and oxygen atoms in total. The minimum Gasteiger partial charge on any atom is -0.396 e. The Labute approximate surface area is 129 Å². The first-order chi connectivity index (χ1) is 10.0. The van der Waals surface area contributed by atoms with E-state index in [9.17, 15) is 4.79 Å². The molecule has 1 heterocycles. The number of carbonyl (C=O) groups excluding carboxylic acids is 1. The number of aryl methyl sites for hydroxylation is 1. The van der Waals surface area contributed by atoms with Crippen LogP contribution in [-0.4, -0.2) is 15.7 Å². The van der Waals surface area contributed by atoms with Crippen molar-refractivity contribution < 1.29 is 4.79 Å². The first kappa shape index (κ1) is 13.6. The lowest BCUT2D eigenvalue weighted by Crippen LogP contribution is -2.17. The summed E-state index contributed by atoms with van der Waals surface area (Å²) < 4.78 is 2.48. The van der Waals surface area contributed by atoms with Gasteiger partial charge in [-0.25, -0.2) is 0 Å². The van der Waals surface area contributed by atoms with Crippen LogP contribution in [0.15, 0.2) is 47.1 Å². The molecule has 1 amide bonds. The monoisotopic (exact) mass is 344 g/mol. The Morgan fingerprint density at radius 3 is 2.67 bits per heavy atom. The van der Waals surface area contributed by atoms with Crippen LogP contribution in [0.2, 0.25) is 0 Å². The summed E-state index contributed by atoms with van der Waals surface area (Å²) in [6, 6.07) is 11.7. The Kier molecular flexibility index (Phi) is 3.39. The molecule has 0 fully saturated rings. The van der Waals surface area contributed by atoms with Crippen LogP contribution in [0, 0.1) is 0 Å². The Balaban J connectivity index is 1.91. The number of nitrogens with one attached hydrogen (secondary N) is 1. The lowest BCUT2D eigenvalue weighted by Gasteiger charge is -2.08. The van der Waals surface area contributed by atoms with Gasteiger partial charge in [-0.1, -0.05) is 28.1 Å². The van der Waals surface area contributed by atoms with Crippen LogP contribution in [0.1, 0.15) is 10.5 Å². The fourth-order valence-corrected chi connectivity index (χ4v) is 2.60. The highest BCUT2D eigenvalue weighted by Crippen LogP contribution is 2.23. The highest BCUT2D eigenvalue weighted by molar-refractivity contribution is 9.10. The van der Waals surface area contributed by atoms with E-state index < -0.39 is 0 Å². The first-order valence-electron chi connectivity index (χ1n) is 6.33. The molecule has 0 spiro atoms. The van der Waals surface area contributed by atoms with Crippen molar-refractivity contribution in [2.75, 3.05) is 11.1 Å². The summed E-state index contributed by atoms with van der Waals surface area (Å²) in [5, 5.41) is 8.95. The molecule has 1 aromatic heterocycles. The molecule has 0 atom stereocenters. The number of rotatable bonds is 2. The van der Waals surface area contributed by atoms with Crippen molar-refractivity contribution in [3.8, 4) is 0 Å². The van der Waals surface area contributed by atoms with Crippen molar-refractivity contribution in [3.05, 3.63) is 52.8 Å². The summed E-state index contributed by atoms with van der Waals surface area (Å²) in [4.78, 5) is 12.2. The van der Waals surface area contributed by atoms with Gasteiger partial charge in [0.25, 0.3) is 5.91 Å². The summed E-state index contributed by atoms with van der Waals surface area (Å²) in [6.45, 7) is 0. The zero-order valence-electron chi connectivity index (χ0n) is 11.3. The van der Waals surface area contributed by atoms with E-state index in [0.717, 1.165) is 20.9 Å². The molecule has 3 N–H and O–H groups in total. The van der Waals surface area contributed by atoms with E-state index in [4.69, 9.17) is 5.73 Å². The van der Waals surface area contributed by atoms with Crippen molar-refractivity contribution in [1.82, 2.24) is 9.78 Å². The van der Waals surface area contributed by atoms with Crippen molar-refractivity contribution in [1.29, 1.82) is 0 Å². The molecular formula is C15H13BrN4O. The number of aromatic nitrogens is 2. The minimum absolute atomic E-state index is 0.274. The van der Waals surface area contributed by atoms with Crippen LogP contribution in [0.5, 0.6) is 0 Å². The maximum absolute atomic E-state index is 12.2. The summed E-state index contributed by atoms with van der Waals surface area (Å²) in [5.41, 5.74) is 7.19. The van der Waals surface area contributed by atoms with Gasteiger partial charge in [0, 0.05) is 17.2 Å².